The molecule has 5 nitrogen and oxygen atoms in total. The van der Waals surface area contributed by atoms with Gasteiger partial charge in [0.05, 0.1) is 17.6 Å². The first-order valence-electron chi connectivity index (χ1n) is 8.62. The molecule has 0 unspecified atom stereocenters. The number of aromatic hydroxyl groups is 1. The maximum atomic E-state index is 9.64. The van der Waals surface area contributed by atoms with Crippen LogP contribution >= 0.6 is 0 Å². The molecule has 0 radical (unpaired) electrons. The average molecular weight is 336 g/mol. The lowest BCUT2D eigenvalue weighted by atomic mass is 9.89. The van der Waals surface area contributed by atoms with Gasteiger partial charge in [-0.2, -0.15) is 5.10 Å². The zero-order valence-electron chi connectivity index (χ0n) is 14.3. The molecular weight excluding hydrogens is 312 g/mol. The summed E-state index contributed by atoms with van der Waals surface area (Å²) in [7, 11) is 0. The summed E-state index contributed by atoms with van der Waals surface area (Å²) in [5.41, 5.74) is 2.89. The van der Waals surface area contributed by atoms with Crippen molar-refractivity contribution in [3.63, 3.8) is 0 Å². The first kappa shape index (κ1) is 17.2. The Hall–Kier alpha value is -2.66. The standard InChI is InChI=1S/C20H24N4O/c21-23-19(14-22-18-6-2-1-3-7-18)15-24-11-9-16(10-12-24)17-5-4-8-20(25)13-17/h1-8,13-14,16,25H,9-12,15,21H2. The van der Waals surface area contributed by atoms with Crippen molar-refractivity contribution in [2.24, 2.45) is 15.9 Å². The Morgan fingerprint density at radius 3 is 2.56 bits per heavy atom. The van der Waals surface area contributed by atoms with E-state index in [0.29, 0.717) is 18.2 Å². The van der Waals surface area contributed by atoms with Crippen LogP contribution in [0.5, 0.6) is 5.75 Å². The Bertz CT molecular complexity index is 734. The molecule has 0 aliphatic carbocycles. The molecule has 1 aliphatic rings. The number of rotatable bonds is 5. The van der Waals surface area contributed by atoms with Gasteiger partial charge >= 0.3 is 0 Å². The van der Waals surface area contributed by atoms with Crippen LogP contribution in [0.4, 0.5) is 5.69 Å². The molecule has 1 saturated heterocycles. The third kappa shape index (κ3) is 4.90. The minimum atomic E-state index is 0.342. The molecule has 130 valence electrons. The molecule has 2 aromatic carbocycles. The van der Waals surface area contributed by atoms with E-state index in [9.17, 15) is 5.11 Å². The largest absolute Gasteiger partial charge is 0.508 e. The fraction of sp³-hybridized carbons (Fsp3) is 0.300. The van der Waals surface area contributed by atoms with Crippen LogP contribution in [0.15, 0.2) is 64.7 Å². The van der Waals surface area contributed by atoms with Crippen molar-refractivity contribution in [2.75, 3.05) is 19.6 Å². The molecule has 3 N–H and O–H groups in total. The summed E-state index contributed by atoms with van der Waals surface area (Å²) in [5, 5.41) is 13.5. The zero-order valence-corrected chi connectivity index (χ0v) is 14.3. The van der Waals surface area contributed by atoms with E-state index in [1.807, 2.05) is 42.5 Å². The third-order valence-electron chi connectivity index (χ3n) is 4.60. The van der Waals surface area contributed by atoms with Crippen LogP contribution in [0.25, 0.3) is 0 Å². The van der Waals surface area contributed by atoms with Gasteiger partial charge in [-0.05, 0) is 61.7 Å². The molecule has 0 spiro atoms. The van der Waals surface area contributed by atoms with Crippen molar-refractivity contribution in [1.82, 2.24) is 4.90 Å². The fourth-order valence-corrected chi connectivity index (χ4v) is 3.21. The highest BCUT2D eigenvalue weighted by atomic mass is 16.3. The lowest BCUT2D eigenvalue weighted by Crippen LogP contribution is -2.37. The Labute approximate surface area is 148 Å². The van der Waals surface area contributed by atoms with Gasteiger partial charge in [-0.3, -0.25) is 9.89 Å². The van der Waals surface area contributed by atoms with Crippen molar-refractivity contribution in [3.8, 4) is 5.75 Å². The molecule has 1 fully saturated rings. The van der Waals surface area contributed by atoms with Crippen molar-refractivity contribution < 1.29 is 5.11 Å². The lowest BCUT2D eigenvalue weighted by Gasteiger charge is -2.32. The summed E-state index contributed by atoms with van der Waals surface area (Å²) < 4.78 is 0. The number of nitrogens with two attached hydrogens (primary N) is 1. The molecule has 3 rings (SSSR count). The van der Waals surface area contributed by atoms with E-state index < -0.39 is 0 Å². The van der Waals surface area contributed by atoms with Crippen molar-refractivity contribution in [1.29, 1.82) is 0 Å². The van der Waals surface area contributed by atoms with Gasteiger partial charge in [-0.25, -0.2) is 0 Å². The van der Waals surface area contributed by atoms with Crippen LogP contribution in [0.1, 0.15) is 24.3 Å². The number of aliphatic imine (C=N–C) groups is 1. The quantitative estimate of drug-likeness (QED) is 0.500. The van der Waals surface area contributed by atoms with Gasteiger partial charge in [0, 0.05) is 6.54 Å². The second-order valence-corrected chi connectivity index (χ2v) is 6.36. The normalized spacial score (nSPS) is 17.2. The molecule has 1 heterocycles. The molecule has 25 heavy (non-hydrogen) atoms. The van der Waals surface area contributed by atoms with Crippen molar-refractivity contribution >= 4 is 17.6 Å². The molecule has 1 aliphatic heterocycles. The molecule has 2 aromatic rings. The second-order valence-electron chi connectivity index (χ2n) is 6.36. The van der Waals surface area contributed by atoms with E-state index in [2.05, 4.69) is 21.1 Å². The third-order valence-corrected chi connectivity index (χ3v) is 4.60. The molecule has 5 heteroatoms. The Kier molecular flexibility index (Phi) is 5.80. The molecule has 0 amide bonds. The van der Waals surface area contributed by atoms with Gasteiger partial charge < -0.3 is 10.9 Å². The number of para-hydroxylation sites is 1. The van der Waals surface area contributed by atoms with Gasteiger partial charge in [0.2, 0.25) is 0 Å². The maximum Gasteiger partial charge on any atom is 0.115 e. The van der Waals surface area contributed by atoms with E-state index in [1.54, 1.807) is 12.3 Å². The van der Waals surface area contributed by atoms with E-state index in [-0.39, 0.29) is 0 Å². The smallest absolute Gasteiger partial charge is 0.115 e. The number of hydrogen-bond donors (Lipinski definition) is 2. The minimum Gasteiger partial charge on any atom is -0.508 e. The number of phenolic OH excluding ortho intramolecular Hbond substituents is 1. The predicted molar refractivity (Wildman–Crippen MR) is 103 cm³/mol. The highest BCUT2D eigenvalue weighted by molar-refractivity contribution is 6.31. The number of nitrogens with zero attached hydrogens (tertiary/aromatic N) is 3. The number of benzene rings is 2. The number of hydrogen-bond acceptors (Lipinski definition) is 5. The number of piperidine rings is 1. The highest BCUT2D eigenvalue weighted by Gasteiger charge is 2.21. The number of likely N-dealkylation sites (tertiary alicyclic amines) is 1. The van der Waals surface area contributed by atoms with Crippen LogP contribution in [0.2, 0.25) is 0 Å². The summed E-state index contributed by atoms with van der Waals surface area (Å²) in [4.78, 5) is 6.77. The van der Waals surface area contributed by atoms with E-state index in [4.69, 9.17) is 5.84 Å². The number of phenols is 1. The van der Waals surface area contributed by atoms with E-state index >= 15 is 0 Å². The van der Waals surface area contributed by atoms with Crippen LogP contribution in [0.3, 0.4) is 0 Å². The highest BCUT2D eigenvalue weighted by Crippen LogP contribution is 2.29. The van der Waals surface area contributed by atoms with Crippen LogP contribution in [-0.4, -0.2) is 41.6 Å². The fourth-order valence-electron chi connectivity index (χ4n) is 3.21. The van der Waals surface area contributed by atoms with Crippen LogP contribution in [-0.2, 0) is 0 Å². The summed E-state index contributed by atoms with van der Waals surface area (Å²) in [6, 6.07) is 17.4. The summed E-state index contributed by atoms with van der Waals surface area (Å²) in [5.74, 6) is 6.37. The summed E-state index contributed by atoms with van der Waals surface area (Å²) >= 11 is 0. The van der Waals surface area contributed by atoms with Crippen molar-refractivity contribution in [2.45, 2.75) is 18.8 Å². The monoisotopic (exact) mass is 336 g/mol. The number of hydrazone groups is 1. The van der Waals surface area contributed by atoms with Crippen LogP contribution in [0, 0.1) is 0 Å². The predicted octanol–water partition coefficient (Wildman–Crippen LogP) is 3.29. The second kappa shape index (κ2) is 8.44. The lowest BCUT2D eigenvalue weighted by molar-refractivity contribution is 0.239. The average Bonchev–Trinajstić information content (AvgIpc) is 2.66. The first-order chi connectivity index (χ1) is 12.2. The summed E-state index contributed by atoms with van der Waals surface area (Å²) in [6.45, 7) is 2.68. The van der Waals surface area contributed by atoms with Gasteiger partial charge in [0.15, 0.2) is 0 Å². The zero-order chi connectivity index (χ0) is 17.5. The molecule has 0 aromatic heterocycles. The van der Waals surface area contributed by atoms with Gasteiger partial charge in [0.25, 0.3) is 0 Å². The molecule has 0 bridgehead atoms. The minimum absolute atomic E-state index is 0.342. The Morgan fingerprint density at radius 1 is 1.12 bits per heavy atom. The van der Waals surface area contributed by atoms with E-state index in [1.165, 1.54) is 5.56 Å². The first-order valence-corrected chi connectivity index (χ1v) is 8.62. The van der Waals surface area contributed by atoms with Gasteiger partial charge in [-0.1, -0.05) is 30.3 Å². The SMILES string of the molecule is NN=C(C=Nc1ccccc1)CN1CCC(c2cccc(O)c2)CC1. The molecule has 0 atom stereocenters. The topological polar surface area (TPSA) is 74.2 Å². The Balaban J connectivity index is 1.53. The van der Waals surface area contributed by atoms with Crippen LogP contribution < -0.4 is 5.84 Å². The van der Waals surface area contributed by atoms with Gasteiger partial charge in [0.1, 0.15) is 5.75 Å². The summed E-state index contributed by atoms with van der Waals surface area (Å²) in [6.07, 6.45) is 3.88. The van der Waals surface area contributed by atoms with E-state index in [0.717, 1.165) is 37.3 Å². The molecular formula is C20H24N4O. The van der Waals surface area contributed by atoms with Gasteiger partial charge in [-0.15, -0.1) is 0 Å². The van der Waals surface area contributed by atoms with Crippen molar-refractivity contribution in [3.05, 3.63) is 60.2 Å². The maximum absolute atomic E-state index is 9.64. The Morgan fingerprint density at radius 2 is 1.88 bits per heavy atom. The molecule has 0 saturated carbocycles.